The van der Waals surface area contributed by atoms with Crippen molar-refractivity contribution in [2.75, 3.05) is 24.5 Å². The number of piperidine rings is 1. The molecule has 1 saturated carbocycles. The molecule has 2 aromatic heterocycles. The molecule has 4 aliphatic heterocycles. The van der Waals surface area contributed by atoms with Crippen molar-refractivity contribution in [3.05, 3.63) is 36.8 Å². The third-order valence-electron chi connectivity index (χ3n) is 7.93. The lowest BCUT2D eigenvalue weighted by Gasteiger charge is -2.49. The number of fused-ring (bicyclic) bond motifs is 3. The van der Waals surface area contributed by atoms with Gasteiger partial charge in [-0.25, -0.2) is 4.98 Å². The first-order valence-corrected chi connectivity index (χ1v) is 12.6. The van der Waals surface area contributed by atoms with E-state index in [2.05, 4.69) is 51.3 Å². The van der Waals surface area contributed by atoms with Crippen molar-refractivity contribution in [1.82, 2.24) is 25.2 Å². The second kappa shape index (κ2) is 7.70. The number of nitrogens with one attached hydrogen (secondary N) is 3. The van der Waals surface area contributed by atoms with E-state index in [-0.39, 0.29) is 6.10 Å². The van der Waals surface area contributed by atoms with Crippen LogP contribution in [0.25, 0.3) is 22.3 Å². The fraction of sp³-hybridized carbons (Fsp3) is 0.500. The number of amidine groups is 1. The van der Waals surface area contributed by atoms with Crippen LogP contribution in [0.15, 0.2) is 36.8 Å². The van der Waals surface area contributed by atoms with Crippen LogP contribution in [0.5, 0.6) is 5.75 Å². The molecule has 6 heterocycles. The number of ether oxygens (including phenoxy) is 1. The molecule has 34 heavy (non-hydrogen) atoms. The molecule has 176 valence electrons. The van der Waals surface area contributed by atoms with Crippen LogP contribution in [0, 0.1) is 11.3 Å². The first-order valence-electron chi connectivity index (χ1n) is 12.6. The summed E-state index contributed by atoms with van der Waals surface area (Å²) in [7, 11) is 0. The van der Waals surface area contributed by atoms with E-state index in [1.807, 2.05) is 12.5 Å². The Bertz CT molecular complexity index is 1230. The molecule has 0 amide bonds. The first-order chi connectivity index (χ1) is 16.6. The minimum Gasteiger partial charge on any atom is -0.488 e. The molecule has 2 unspecified atom stereocenters. The normalized spacial score (nSPS) is 26.9. The van der Waals surface area contributed by atoms with E-state index in [1.54, 1.807) is 0 Å². The zero-order valence-corrected chi connectivity index (χ0v) is 19.5. The predicted octanol–water partition coefficient (Wildman–Crippen LogP) is 3.34. The van der Waals surface area contributed by atoms with Crippen LogP contribution in [-0.4, -0.2) is 58.2 Å². The quantitative estimate of drug-likeness (QED) is 0.526. The number of pyridine rings is 1. The molecule has 0 spiro atoms. The van der Waals surface area contributed by atoms with Gasteiger partial charge in [-0.2, -0.15) is 0 Å². The van der Waals surface area contributed by atoms with E-state index < -0.39 is 0 Å². The lowest BCUT2D eigenvalue weighted by atomic mass is 9.91. The summed E-state index contributed by atoms with van der Waals surface area (Å²) >= 11 is 0. The number of hydrogen-bond donors (Lipinski definition) is 3. The van der Waals surface area contributed by atoms with Gasteiger partial charge in [-0.1, -0.05) is 0 Å². The minimum absolute atomic E-state index is 0.00540. The molecule has 0 radical (unpaired) electrons. The number of hydrogen-bond acceptors (Lipinski definition) is 6. The summed E-state index contributed by atoms with van der Waals surface area (Å²) in [6.45, 7) is 5.03. The molecule has 1 aliphatic carbocycles. The molecule has 5 aliphatic rings. The van der Waals surface area contributed by atoms with Crippen molar-refractivity contribution in [3.63, 3.8) is 0 Å². The summed E-state index contributed by atoms with van der Waals surface area (Å²) in [5.74, 6) is 1.77. The molecule has 8 heteroatoms. The van der Waals surface area contributed by atoms with Crippen LogP contribution in [0.4, 0.5) is 5.69 Å². The SMILES string of the molecule is C[C@@H](Oc1cc(-c2ccc(N3CC4CC(C3)N4)cn2)cc2ncn(C3CC3)c12)[C@H]1CNC(=N)C1. The van der Waals surface area contributed by atoms with Crippen LogP contribution >= 0.6 is 0 Å². The summed E-state index contributed by atoms with van der Waals surface area (Å²) in [6, 6.07) is 10.4. The van der Waals surface area contributed by atoms with E-state index in [0.29, 0.717) is 29.9 Å². The summed E-state index contributed by atoms with van der Waals surface area (Å²) in [5.41, 5.74) is 5.20. The van der Waals surface area contributed by atoms with E-state index in [9.17, 15) is 0 Å². The van der Waals surface area contributed by atoms with Gasteiger partial charge in [0.1, 0.15) is 17.4 Å². The average molecular weight is 458 g/mol. The highest BCUT2D eigenvalue weighted by molar-refractivity contribution is 5.88. The predicted molar refractivity (Wildman–Crippen MR) is 133 cm³/mol. The van der Waals surface area contributed by atoms with Crippen molar-refractivity contribution in [3.8, 4) is 17.0 Å². The van der Waals surface area contributed by atoms with Crippen LogP contribution in [0.1, 0.15) is 38.6 Å². The monoisotopic (exact) mass is 457 g/mol. The number of benzene rings is 1. The van der Waals surface area contributed by atoms with E-state index in [1.165, 1.54) is 24.9 Å². The van der Waals surface area contributed by atoms with Crippen LogP contribution in [-0.2, 0) is 0 Å². The van der Waals surface area contributed by atoms with Crippen LogP contribution in [0.2, 0.25) is 0 Å². The molecule has 1 aromatic carbocycles. The van der Waals surface area contributed by atoms with Gasteiger partial charge in [-0.05, 0) is 50.5 Å². The van der Waals surface area contributed by atoms with Crippen molar-refractivity contribution >= 4 is 22.6 Å². The lowest BCUT2D eigenvalue weighted by Crippen LogP contribution is -2.67. The highest BCUT2D eigenvalue weighted by Crippen LogP contribution is 2.41. The Balaban J connectivity index is 1.21. The second-order valence-electron chi connectivity index (χ2n) is 10.5. The molecule has 2 bridgehead atoms. The maximum atomic E-state index is 7.91. The highest BCUT2D eigenvalue weighted by Gasteiger charge is 2.36. The Kier molecular flexibility index (Phi) is 4.59. The highest BCUT2D eigenvalue weighted by atomic mass is 16.5. The van der Waals surface area contributed by atoms with Crippen LogP contribution in [0.3, 0.4) is 0 Å². The number of aromatic nitrogens is 3. The van der Waals surface area contributed by atoms with Crippen molar-refractivity contribution in [1.29, 1.82) is 5.41 Å². The van der Waals surface area contributed by atoms with Gasteiger partial charge in [-0.15, -0.1) is 0 Å². The van der Waals surface area contributed by atoms with E-state index in [4.69, 9.17) is 20.1 Å². The zero-order chi connectivity index (χ0) is 22.8. The summed E-state index contributed by atoms with van der Waals surface area (Å²) in [5, 5.41) is 14.7. The Labute approximate surface area is 199 Å². The summed E-state index contributed by atoms with van der Waals surface area (Å²) in [6.07, 6.45) is 8.41. The summed E-state index contributed by atoms with van der Waals surface area (Å²) < 4.78 is 8.87. The average Bonchev–Trinajstić information content (AvgIpc) is 3.44. The van der Waals surface area contributed by atoms with Crippen molar-refractivity contribution in [2.45, 2.75) is 56.8 Å². The summed E-state index contributed by atoms with van der Waals surface area (Å²) in [4.78, 5) is 12.0. The van der Waals surface area contributed by atoms with Crippen molar-refractivity contribution < 1.29 is 4.74 Å². The molecule has 5 fully saturated rings. The Morgan fingerprint density at radius 3 is 2.65 bits per heavy atom. The molecule has 3 aromatic rings. The second-order valence-corrected chi connectivity index (χ2v) is 10.5. The fourth-order valence-corrected chi connectivity index (χ4v) is 5.76. The number of nitrogens with zero attached hydrogens (tertiary/aromatic N) is 4. The number of imidazole rings is 1. The third kappa shape index (κ3) is 3.52. The van der Waals surface area contributed by atoms with E-state index >= 15 is 0 Å². The van der Waals surface area contributed by atoms with Crippen molar-refractivity contribution in [2.24, 2.45) is 5.92 Å². The standard InChI is InChI=1S/C26H31N7O/c1-15(17-8-25(27)29-10-17)34-24-7-16(6-23-26(24)33(14-30-23)20-2-3-20)22-5-4-21(11-28-22)32-12-18-9-19(13-32)31-18/h4-7,11,14-15,17-20,31H,2-3,8-10,12-13H2,1H3,(H2,27,29)/t15-,17-,18?,19?/m1/s1. The molecule has 3 N–H and O–H groups in total. The minimum atomic E-state index is 0.00540. The maximum absolute atomic E-state index is 7.91. The molecule has 4 saturated heterocycles. The maximum Gasteiger partial charge on any atom is 0.146 e. The first kappa shape index (κ1) is 20.3. The van der Waals surface area contributed by atoms with Gasteiger partial charge in [0.25, 0.3) is 0 Å². The molecular weight excluding hydrogens is 426 g/mol. The van der Waals surface area contributed by atoms with Gasteiger partial charge in [0.05, 0.1) is 35.3 Å². The molecule has 8 rings (SSSR count). The zero-order valence-electron chi connectivity index (χ0n) is 19.5. The molecule has 8 nitrogen and oxygen atoms in total. The van der Waals surface area contributed by atoms with Gasteiger partial charge >= 0.3 is 0 Å². The smallest absolute Gasteiger partial charge is 0.146 e. The largest absolute Gasteiger partial charge is 0.488 e. The fourth-order valence-electron chi connectivity index (χ4n) is 5.76. The van der Waals surface area contributed by atoms with Crippen LogP contribution < -0.4 is 20.3 Å². The number of piperazine rings is 1. The Morgan fingerprint density at radius 2 is 1.97 bits per heavy atom. The van der Waals surface area contributed by atoms with Gasteiger partial charge in [0, 0.05) is 55.7 Å². The Morgan fingerprint density at radius 1 is 1.15 bits per heavy atom. The van der Waals surface area contributed by atoms with Gasteiger partial charge in [0.15, 0.2) is 0 Å². The van der Waals surface area contributed by atoms with Gasteiger partial charge in [-0.3, -0.25) is 10.4 Å². The van der Waals surface area contributed by atoms with Gasteiger partial charge < -0.3 is 24.8 Å². The lowest BCUT2D eigenvalue weighted by molar-refractivity contribution is 0.164. The Hall–Kier alpha value is -3.13. The van der Waals surface area contributed by atoms with E-state index in [0.717, 1.165) is 54.1 Å². The number of anilines is 1. The topological polar surface area (TPSA) is 91.1 Å². The van der Waals surface area contributed by atoms with Gasteiger partial charge in [0.2, 0.25) is 0 Å². The third-order valence-corrected chi connectivity index (χ3v) is 7.93. The molecular formula is C26H31N7O. The number of rotatable bonds is 6. The molecule has 4 atom stereocenters.